The summed E-state index contributed by atoms with van der Waals surface area (Å²) in [5, 5.41) is 15.3. The minimum absolute atomic E-state index is 0.00675. The van der Waals surface area contributed by atoms with Gasteiger partial charge in [0.05, 0.1) is 5.92 Å². The lowest BCUT2D eigenvalue weighted by Crippen LogP contribution is -2.51. The van der Waals surface area contributed by atoms with Crippen LogP contribution in [0.15, 0.2) is 60.8 Å². The molecule has 0 aliphatic carbocycles. The van der Waals surface area contributed by atoms with Gasteiger partial charge in [-0.2, -0.15) is 0 Å². The Morgan fingerprint density at radius 2 is 1.71 bits per heavy atom. The maximum absolute atomic E-state index is 13.5. The summed E-state index contributed by atoms with van der Waals surface area (Å²) in [6.07, 6.45) is 1.50. The molecule has 1 heterocycles. The Morgan fingerprint density at radius 1 is 1.03 bits per heavy atom. The van der Waals surface area contributed by atoms with Crippen LogP contribution in [0.4, 0.5) is 4.79 Å². The summed E-state index contributed by atoms with van der Waals surface area (Å²) < 4.78 is 0. The summed E-state index contributed by atoms with van der Waals surface area (Å²) in [4.78, 5) is 42.7. The number of carbonyl (C=O) groups is 3. The molecule has 0 spiro atoms. The van der Waals surface area contributed by atoms with Crippen LogP contribution in [0.3, 0.4) is 0 Å². The van der Waals surface area contributed by atoms with Crippen LogP contribution in [0.1, 0.15) is 31.4 Å². The van der Waals surface area contributed by atoms with Crippen molar-refractivity contribution in [3.8, 4) is 0 Å². The van der Waals surface area contributed by atoms with Crippen molar-refractivity contribution in [3.05, 3.63) is 71.9 Å². The van der Waals surface area contributed by atoms with Crippen LogP contribution < -0.4 is 10.6 Å². The second-order valence-electron chi connectivity index (χ2n) is 9.32. The number of para-hydroxylation sites is 1. The maximum atomic E-state index is 13.5. The van der Waals surface area contributed by atoms with Crippen molar-refractivity contribution in [2.45, 2.75) is 39.3 Å². The van der Waals surface area contributed by atoms with Crippen LogP contribution >= 0.6 is 0 Å². The predicted molar refractivity (Wildman–Crippen MR) is 136 cm³/mol. The first-order chi connectivity index (χ1) is 16.7. The number of aromatic nitrogens is 1. The van der Waals surface area contributed by atoms with Crippen LogP contribution in [0.25, 0.3) is 10.9 Å². The molecule has 3 rings (SSSR count). The first-order valence-corrected chi connectivity index (χ1v) is 11.9. The van der Waals surface area contributed by atoms with E-state index in [9.17, 15) is 14.4 Å². The van der Waals surface area contributed by atoms with Gasteiger partial charge >= 0.3 is 6.09 Å². The molecule has 3 amide bonds. The number of carboxylic acid groups (broad SMARTS) is 1. The lowest BCUT2D eigenvalue weighted by Gasteiger charge is -2.27. The van der Waals surface area contributed by atoms with Gasteiger partial charge in [0.25, 0.3) is 0 Å². The van der Waals surface area contributed by atoms with Crippen molar-refractivity contribution in [1.82, 2.24) is 20.5 Å². The van der Waals surface area contributed by atoms with E-state index in [4.69, 9.17) is 5.11 Å². The quantitative estimate of drug-likeness (QED) is 0.336. The molecule has 3 aromatic rings. The number of hydrogen-bond donors (Lipinski definition) is 4. The Kier molecular flexibility index (Phi) is 8.89. The summed E-state index contributed by atoms with van der Waals surface area (Å²) in [7, 11) is 1.72. The Morgan fingerprint density at radius 3 is 2.40 bits per heavy atom. The van der Waals surface area contributed by atoms with Gasteiger partial charge in [-0.25, -0.2) is 4.79 Å². The van der Waals surface area contributed by atoms with Crippen LogP contribution in [-0.2, 0) is 22.6 Å². The monoisotopic (exact) mass is 478 g/mol. The third-order valence-electron chi connectivity index (χ3n) is 5.98. The highest BCUT2D eigenvalue weighted by molar-refractivity contribution is 5.90. The molecule has 8 nitrogen and oxygen atoms in total. The standard InChI is InChI=1S/C27H34N4O4/c1-18(2)13-21(16-29-27(34)35)25(32)30-24(14-20-15-28-23-12-8-7-11-22(20)23)26(33)31(3)17-19-9-5-4-6-10-19/h4-12,15,18,21,24,28-29H,13-14,16-17H2,1-3H3,(H,30,32)(H,34,35)/t21-,24-/m0/s1. The predicted octanol–water partition coefficient (Wildman–Crippen LogP) is 3.78. The Labute approximate surface area is 205 Å². The van der Waals surface area contributed by atoms with E-state index in [-0.39, 0.29) is 24.3 Å². The van der Waals surface area contributed by atoms with Gasteiger partial charge in [-0.05, 0) is 29.5 Å². The number of nitrogens with one attached hydrogen (secondary N) is 3. The first-order valence-electron chi connectivity index (χ1n) is 11.9. The smallest absolute Gasteiger partial charge is 0.404 e. The van der Waals surface area contributed by atoms with E-state index < -0.39 is 18.1 Å². The molecule has 8 heteroatoms. The molecular weight excluding hydrogens is 444 g/mol. The van der Waals surface area contributed by atoms with Gasteiger partial charge in [0, 0.05) is 43.7 Å². The SMILES string of the molecule is CC(C)C[C@@H](CNC(=O)O)C(=O)N[C@@H](Cc1c[nH]c2ccccc12)C(=O)N(C)Cc1ccccc1. The number of aromatic amines is 1. The van der Waals surface area contributed by atoms with Crippen molar-refractivity contribution >= 4 is 28.8 Å². The summed E-state index contributed by atoms with van der Waals surface area (Å²) in [5.41, 5.74) is 2.88. The molecule has 0 aliphatic rings. The van der Waals surface area contributed by atoms with E-state index in [1.165, 1.54) is 0 Å². The van der Waals surface area contributed by atoms with Gasteiger partial charge in [-0.3, -0.25) is 9.59 Å². The lowest BCUT2D eigenvalue weighted by atomic mass is 9.95. The van der Waals surface area contributed by atoms with E-state index in [2.05, 4.69) is 15.6 Å². The molecule has 2 aromatic carbocycles. The van der Waals surface area contributed by atoms with Gasteiger partial charge in [0.2, 0.25) is 11.8 Å². The van der Waals surface area contributed by atoms with Crippen LogP contribution in [-0.4, -0.2) is 52.5 Å². The number of likely N-dealkylation sites (N-methyl/N-ethyl adjacent to an activating group) is 1. The van der Waals surface area contributed by atoms with E-state index in [1.807, 2.05) is 74.6 Å². The molecule has 0 saturated carbocycles. The molecule has 0 radical (unpaired) electrons. The average molecular weight is 479 g/mol. The number of H-pyrrole nitrogens is 1. The Balaban J connectivity index is 1.83. The van der Waals surface area contributed by atoms with Gasteiger partial charge in [0.15, 0.2) is 0 Å². The molecule has 2 atom stereocenters. The molecule has 0 aliphatic heterocycles. The molecule has 35 heavy (non-hydrogen) atoms. The van der Waals surface area contributed by atoms with Crippen LogP contribution in [0, 0.1) is 11.8 Å². The number of nitrogens with zero attached hydrogens (tertiary/aromatic N) is 1. The zero-order chi connectivity index (χ0) is 25.4. The fraction of sp³-hybridized carbons (Fsp3) is 0.370. The molecular formula is C27H34N4O4. The van der Waals surface area contributed by atoms with Crippen molar-refractivity contribution in [2.75, 3.05) is 13.6 Å². The van der Waals surface area contributed by atoms with Crippen LogP contribution in [0.2, 0.25) is 0 Å². The Bertz CT molecular complexity index is 1140. The maximum Gasteiger partial charge on any atom is 0.404 e. The summed E-state index contributed by atoms with van der Waals surface area (Å²) in [6.45, 7) is 4.36. The number of fused-ring (bicyclic) bond motifs is 1. The third-order valence-corrected chi connectivity index (χ3v) is 5.98. The van der Waals surface area contributed by atoms with Crippen molar-refractivity contribution in [3.63, 3.8) is 0 Å². The number of rotatable bonds is 11. The topological polar surface area (TPSA) is 115 Å². The lowest BCUT2D eigenvalue weighted by molar-refractivity contribution is -0.137. The molecule has 0 saturated heterocycles. The van der Waals surface area contributed by atoms with Gasteiger partial charge < -0.3 is 25.6 Å². The van der Waals surface area contributed by atoms with E-state index in [0.29, 0.717) is 19.4 Å². The van der Waals surface area contributed by atoms with Crippen LogP contribution in [0.5, 0.6) is 0 Å². The zero-order valence-electron chi connectivity index (χ0n) is 20.5. The fourth-order valence-corrected chi connectivity index (χ4v) is 4.27. The second kappa shape index (κ2) is 12.1. The average Bonchev–Trinajstić information content (AvgIpc) is 3.24. The minimum atomic E-state index is -1.18. The summed E-state index contributed by atoms with van der Waals surface area (Å²) in [6, 6.07) is 16.7. The molecule has 4 N–H and O–H groups in total. The van der Waals surface area contributed by atoms with Crippen molar-refractivity contribution < 1.29 is 19.5 Å². The highest BCUT2D eigenvalue weighted by Crippen LogP contribution is 2.20. The molecule has 0 unspecified atom stereocenters. The van der Waals surface area contributed by atoms with Crippen molar-refractivity contribution in [2.24, 2.45) is 11.8 Å². The number of benzene rings is 2. The second-order valence-corrected chi connectivity index (χ2v) is 9.32. The highest BCUT2D eigenvalue weighted by Gasteiger charge is 2.29. The fourth-order valence-electron chi connectivity index (χ4n) is 4.27. The Hall–Kier alpha value is -3.81. The number of carbonyl (C=O) groups excluding carboxylic acids is 2. The number of hydrogen-bond acceptors (Lipinski definition) is 3. The van der Waals surface area contributed by atoms with E-state index in [1.54, 1.807) is 11.9 Å². The molecule has 1 aromatic heterocycles. The molecule has 0 fully saturated rings. The molecule has 0 bridgehead atoms. The zero-order valence-corrected chi connectivity index (χ0v) is 20.5. The van der Waals surface area contributed by atoms with E-state index >= 15 is 0 Å². The summed E-state index contributed by atoms with van der Waals surface area (Å²) >= 11 is 0. The molecule has 186 valence electrons. The van der Waals surface area contributed by atoms with Crippen molar-refractivity contribution in [1.29, 1.82) is 0 Å². The van der Waals surface area contributed by atoms with Gasteiger partial charge in [-0.1, -0.05) is 62.4 Å². The largest absolute Gasteiger partial charge is 0.465 e. The summed E-state index contributed by atoms with van der Waals surface area (Å²) in [5.74, 6) is -0.936. The number of amides is 3. The minimum Gasteiger partial charge on any atom is -0.465 e. The van der Waals surface area contributed by atoms with Gasteiger partial charge in [-0.15, -0.1) is 0 Å². The third kappa shape index (κ3) is 7.34. The highest BCUT2D eigenvalue weighted by atomic mass is 16.4. The van der Waals surface area contributed by atoms with E-state index in [0.717, 1.165) is 22.0 Å². The normalized spacial score (nSPS) is 12.8. The van der Waals surface area contributed by atoms with Gasteiger partial charge in [0.1, 0.15) is 6.04 Å². The first kappa shape index (κ1) is 25.8.